The van der Waals surface area contributed by atoms with Gasteiger partial charge < -0.3 is 14.6 Å². The van der Waals surface area contributed by atoms with Crippen LogP contribution in [0.5, 0.6) is 0 Å². The molecule has 0 radical (unpaired) electrons. The number of esters is 1. The fourth-order valence-electron chi connectivity index (χ4n) is 3.12. The molecule has 0 bridgehead atoms. The molecule has 2 heterocycles. The molecule has 0 spiro atoms. The predicted octanol–water partition coefficient (Wildman–Crippen LogP) is 3.44. The van der Waals surface area contributed by atoms with Gasteiger partial charge in [0.15, 0.2) is 5.16 Å². The third-order valence-corrected chi connectivity index (χ3v) is 6.65. The first-order valence-electron chi connectivity index (χ1n) is 9.18. The third-order valence-electron chi connectivity index (χ3n) is 4.41. The van der Waals surface area contributed by atoms with Crippen LogP contribution in [0.25, 0.3) is 0 Å². The van der Waals surface area contributed by atoms with E-state index in [1.165, 1.54) is 40.8 Å². The van der Waals surface area contributed by atoms with Gasteiger partial charge in [0, 0.05) is 11.9 Å². The highest BCUT2D eigenvalue weighted by atomic mass is 32.2. The summed E-state index contributed by atoms with van der Waals surface area (Å²) in [5.74, 6) is -0.299. The Bertz CT molecular complexity index is 816. The number of nitrogens with zero attached hydrogens (tertiary/aromatic N) is 3. The molecule has 1 aliphatic carbocycles. The van der Waals surface area contributed by atoms with Crippen LogP contribution in [0.1, 0.15) is 53.4 Å². The van der Waals surface area contributed by atoms with Crippen LogP contribution >= 0.6 is 23.1 Å². The van der Waals surface area contributed by atoms with E-state index in [1.54, 1.807) is 17.8 Å². The third kappa shape index (κ3) is 4.90. The topological polar surface area (TPSA) is 86.1 Å². The Balaban J connectivity index is 1.78. The molecule has 146 valence electrons. The van der Waals surface area contributed by atoms with Gasteiger partial charge in [0.2, 0.25) is 5.91 Å². The molecule has 3 rings (SSSR count). The molecule has 9 heteroatoms. The highest BCUT2D eigenvalue weighted by molar-refractivity contribution is 7.99. The molecule has 0 atom stereocenters. The van der Waals surface area contributed by atoms with E-state index in [2.05, 4.69) is 15.5 Å². The van der Waals surface area contributed by atoms with Crippen molar-refractivity contribution in [1.29, 1.82) is 0 Å². The number of hydrogen-bond acceptors (Lipinski definition) is 7. The summed E-state index contributed by atoms with van der Waals surface area (Å²) < 4.78 is 7.03. The molecule has 0 fully saturated rings. The van der Waals surface area contributed by atoms with Crippen LogP contribution in [0, 0.1) is 0 Å². The molecular weight excluding hydrogens is 384 g/mol. The molecule has 1 N–H and O–H groups in total. The number of hydrogen-bond donors (Lipinski definition) is 1. The SMILES string of the molecule is CCOC(=O)c1c(NC(=O)CSc2nncn2C)sc2c1CCCCCC2. The van der Waals surface area contributed by atoms with Gasteiger partial charge in [0.1, 0.15) is 11.3 Å². The second-order valence-electron chi connectivity index (χ2n) is 6.40. The normalized spacial score (nSPS) is 14.1. The van der Waals surface area contributed by atoms with E-state index >= 15 is 0 Å². The molecule has 2 aromatic heterocycles. The molecule has 0 unspecified atom stereocenters. The molecule has 2 aromatic rings. The van der Waals surface area contributed by atoms with Crippen molar-refractivity contribution in [3.05, 3.63) is 22.3 Å². The average molecular weight is 409 g/mol. The summed E-state index contributed by atoms with van der Waals surface area (Å²) in [5.41, 5.74) is 1.62. The number of rotatable bonds is 6. The van der Waals surface area contributed by atoms with Gasteiger partial charge in [-0.05, 0) is 38.2 Å². The van der Waals surface area contributed by atoms with Crippen molar-refractivity contribution in [3.63, 3.8) is 0 Å². The van der Waals surface area contributed by atoms with Gasteiger partial charge in [-0.15, -0.1) is 21.5 Å². The Morgan fingerprint density at radius 2 is 2.07 bits per heavy atom. The number of nitrogens with one attached hydrogen (secondary N) is 1. The first-order chi connectivity index (χ1) is 13.1. The van der Waals surface area contributed by atoms with Crippen LogP contribution < -0.4 is 5.32 Å². The Kier molecular flexibility index (Phi) is 6.89. The fraction of sp³-hybridized carbons (Fsp3) is 0.556. The minimum atomic E-state index is -0.341. The molecule has 0 aliphatic heterocycles. The molecule has 0 saturated carbocycles. The fourth-order valence-corrected chi connectivity index (χ4v) is 5.10. The zero-order valence-electron chi connectivity index (χ0n) is 15.6. The quantitative estimate of drug-likeness (QED) is 0.582. The summed E-state index contributed by atoms with van der Waals surface area (Å²) in [6, 6.07) is 0. The Labute approximate surface area is 166 Å². The number of amides is 1. The number of ether oxygens (including phenoxy) is 1. The zero-order valence-corrected chi connectivity index (χ0v) is 17.3. The number of carbonyl (C=O) groups is 2. The Morgan fingerprint density at radius 3 is 2.78 bits per heavy atom. The maximum absolute atomic E-state index is 12.6. The summed E-state index contributed by atoms with van der Waals surface area (Å²) >= 11 is 2.83. The number of aryl methyl sites for hydroxylation is 2. The van der Waals surface area contributed by atoms with Crippen molar-refractivity contribution in [2.75, 3.05) is 17.7 Å². The second kappa shape index (κ2) is 9.36. The standard InChI is InChI=1S/C18H24N4O3S2/c1-3-25-17(24)15-12-8-6-4-5-7-9-13(12)27-16(15)20-14(23)10-26-18-21-19-11-22(18)2/h11H,3-10H2,1-2H3,(H,20,23). The predicted molar refractivity (Wildman–Crippen MR) is 107 cm³/mol. The van der Waals surface area contributed by atoms with Gasteiger partial charge in [-0.1, -0.05) is 24.6 Å². The first kappa shape index (κ1) is 19.9. The summed E-state index contributed by atoms with van der Waals surface area (Å²) in [7, 11) is 1.83. The van der Waals surface area contributed by atoms with Gasteiger partial charge in [-0.3, -0.25) is 4.79 Å². The van der Waals surface area contributed by atoms with Crippen molar-refractivity contribution in [2.45, 2.75) is 50.6 Å². The number of anilines is 1. The van der Waals surface area contributed by atoms with Crippen LogP contribution in [0.3, 0.4) is 0 Å². The summed E-state index contributed by atoms with van der Waals surface area (Å²) in [4.78, 5) is 26.2. The zero-order chi connectivity index (χ0) is 19.2. The van der Waals surface area contributed by atoms with E-state index in [4.69, 9.17) is 4.74 Å². The van der Waals surface area contributed by atoms with Crippen LogP contribution in [0.2, 0.25) is 0 Å². The number of carbonyl (C=O) groups excluding carboxylic acids is 2. The summed E-state index contributed by atoms with van der Waals surface area (Å²) in [5, 5.41) is 12.0. The Morgan fingerprint density at radius 1 is 1.30 bits per heavy atom. The number of aromatic nitrogens is 3. The lowest BCUT2D eigenvalue weighted by molar-refractivity contribution is -0.113. The van der Waals surface area contributed by atoms with Crippen molar-refractivity contribution in [3.8, 4) is 0 Å². The van der Waals surface area contributed by atoms with Crippen LogP contribution in [-0.2, 0) is 29.4 Å². The lowest BCUT2D eigenvalue weighted by atomic mass is 9.96. The molecule has 0 saturated heterocycles. The van der Waals surface area contributed by atoms with Gasteiger partial charge in [0.05, 0.1) is 17.9 Å². The van der Waals surface area contributed by atoms with Crippen LogP contribution in [0.4, 0.5) is 5.00 Å². The van der Waals surface area contributed by atoms with Gasteiger partial charge in [0.25, 0.3) is 0 Å². The summed E-state index contributed by atoms with van der Waals surface area (Å²) in [6.45, 7) is 2.11. The first-order valence-corrected chi connectivity index (χ1v) is 11.0. The van der Waals surface area contributed by atoms with E-state index in [-0.39, 0.29) is 17.6 Å². The Hall–Kier alpha value is -1.87. The van der Waals surface area contributed by atoms with Crippen molar-refractivity contribution < 1.29 is 14.3 Å². The molecule has 1 aliphatic rings. The van der Waals surface area contributed by atoms with Crippen LogP contribution in [0.15, 0.2) is 11.5 Å². The van der Waals surface area contributed by atoms with Gasteiger partial charge >= 0.3 is 5.97 Å². The lowest BCUT2D eigenvalue weighted by Gasteiger charge is -2.11. The number of fused-ring (bicyclic) bond motifs is 1. The smallest absolute Gasteiger partial charge is 0.341 e. The van der Waals surface area contributed by atoms with Crippen molar-refractivity contribution in [2.24, 2.45) is 7.05 Å². The second-order valence-corrected chi connectivity index (χ2v) is 8.45. The van der Waals surface area contributed by atoms with Gasteiger partial charge in [-0.2, -0.15) is 0 Å². The minimum Gasteiger partial charge on any atom is -0.462 e. The summed E-state index contributed by atoms with van der Waals surface area (Å²) in [6.07, 6.45) is 7.98. The molecule has 27 heavy (non-hydrogen) atoms. The highest BCUT2D eigenvalue weighted by Crippen LogP contribution is 2.37. The van der Waals surface area contributed by atoms with Crippen molar-refractivity contribution >= 4 is 40.0 Å². The molecule has 7 nitrogen and oxygen atoms in total. The highest BCUT2D eigenvalue weighted by Gasteiger charge is 2.26. The van der Waals surface area contributed by atoms with Gasteiger partial charge in [-0.25, -0.2) is 4.79 Å². The molecule has 0 aromatic carbocycles. The van der Waals surface area contributed by atoms with Crippen molar-refractivity contribution in [1.82, 2.24) is 14.8 Å². The monoisotopic (exact) mass is 408 g/mol. The number of thioether (sulfide) groups is 1. The maximum Gasteiger partial charge on any atom is 0.341 e. The minimum absolute atomic E-state index is 0.164. The molecule has 1 amide bonds. The van der Waals surface area contributed by atoms with E-state index in [0.29, 0.717) is 22.3 Å². The molecular formula is C18H24N4O3S2. The maximum atomic E-state index is 12.6. The number of thiophene rings is 1. The lowest BCUT2D eigenvalue weighted by Crippen LogP contribution is -2.17. The van der Waals surface area contributed by atoms with E-state index in [1.807, 2.05) is 7.05 Å². The van der Waals surface area contributed by atoms with E-state index in [9.17, 15) is 9.59 Å². The van der Waals surface area contributed by atoms with E-state index < -0.39 is 0 Å². The average Bonchev–Trinajstić information content (AvgIpc) is 3.16. The van der Waals surface area contributed by atoms with Crippen LogP contribution in [-0.4, -0.2) is 39.0 Å². The largest absolute Gasteiger partial charge is 0.462 e. The van der Waals surface area contributed by atoms with E-state index in [0.717, 1.165) is 31.2 Å².